The minimum atomic E-state index is -0.356. The maximum Gasteiger partial charge on any atom is 0.273 e. The fourth-order valence-corrected chi connectivity index (χ4v) is 3.31. The predicted molar refractivity (Wildman–Crippen MR) is 95.5 cm³/mol. The zero-order chi connectivity index (χ0) is 17.1. The first kappa shape index (κ1) is 20.1. The number of carbonyl (C=O) groups excluding carboxylic acids is 1. The maximum absolute atomic E-state index is 12.6. The Labute approximate surface area is 177 Å². The second-order valence-corrected chi connectivity index (χ2v) is 6.99. The van der Waals surface area contributed by atoms with E-state index in [2.05, 4.69) is 9.69 Å². The Morgan fingerprint density at radius 1 is 1.12 bits per heavy atom. The minimum Gasteiger partial charge on any atom is -1.00 e. The summed E-state index contributed by atoms with van der Waals surface area (Å²) in [6.45, 7) is 0. The van der Waals surface area contributed by atoms with Crippen molar-refractivity contribution in [3.8, 4) is 0 Å². The third kappa shape index (κ3) is 4.69. The number of benzene rings is 1. The molecule has 130 valence electrons. The topological polar surface area (TPSA) is 45.9 Å². The molecule has 0 saturated carbocycles. The van der Waals surface area contributed by atoms with Gasteiger partial charge < -0.3 is 29.3 Å². The first-order valence-corrected chi connectivity index (χ1v) is 8.71. The number of hydrogen-bond acceptors (Lipinski definition) is 3. The molecule has 0 saturated heterocycles. The lowest BCUT2D eigenvalue weighted by molar-refractivity contribution is -0.671. The van der Waals surface area contributed by atoms with E-state index in [4.69, 9.17) is 23.2 Å². The van der Waals surface area contributed by atoms with Crippen molar-refractivity contribution >= 4 is 40.6 Å². The van der Waals surface area contributed by atoms with Crippen LogP contribution < -0.4 is 33.9 Å². The number of hydrogen-bond donors (Lipinski definition) is 1. The number of carbonyl (C=O) groups is 1. The summed E-state index contributed by atoms with van der Waals surface area (Å²) in [4.78, 5) is 12.6. The summed E-state index contributed by atoms with van der Waals surface area (Å²) in [5, 5.41) is 3.18. The van der Waals surface area contributed by atoms with Crippen molar-refractivity contribution in [1.29, 1.82) is 0 Å². The fourth-order valence-electron chi connectivity index (χ4n) is 2.31. The van der Waals surface area contributed by atoms with Crippen molar-refractivity contribution in [2.45, 2.75) is 6.04 Å². The average Bonchev–Trinajstić information content (AvgIpc) is 2.94. The van der Waals surface area contributed by atoms with Crippen LogP contribution in [-0.2, 0) is 7.05 Å². The van der Waals surface area contributed by atoms with E-state index in [1.807, 2.05) is 66.5 Å². The molecule has 25 heavy (non-hydrogen) atoms. The maximum atomic E-state index is 12.6. The molecular weight excluding hydrogens is 492 g/mol. The third-order valence-corrected chi connectivity index (χ3v) is 5.17. The van der Waals surface area contributed by atoms with E-state index in [0.717, 1.165) is 22.7 Å². The number of nitrogens with one attached hydrogen (secondary N) is 1. The zero-order valence-electron chi connectivity index (χ0n) is 13.1. The number of amides is 1. The molecule has 1 aromatic carbocycles. The number of nitrogens with zero attached hydrogens (tertiary/aromatic N) is 2. The van der Waals surface area contributed by atoms with Crippen molar-refractivity contribution in [1.82, 2.24) is 9.69 Å². The van der Waals surface area contributed by atoms with Crippen LogP contribution in [0.1, 0.15) is 27.7 Å². The van der Waals surface area contributed by atoms with Crippen molar-refractivity contribution < 1.29 is 33.3 Å². The molecule has 0 spiro atoms. The van der Waals surface area contributed by atoms with Crippen LogP contribution in [0.25, 0.3) is 0 Å². The summed E-state index contributed by atoms with van der Waals surface area (Å²) < 4.78 is 6.28. The Balaban J connectivity index is 0.00000225. The van der Waals surface area contributed by atoms with Gasteiger partial charge in [-0.15, -0.1) is 0 Å². The molecule has 0 radical (unpaired) electrons. The molecule has 1 N–H and O–H groups in total. The molecule has 3 aromatic rings. The fraction of sp³-hybridized carbons (Fsp3) is 0.118. The summed E-state index contributed by atoms with van der Waals surface area (Å²) in [5.74, 6) is -0.356. The molecule has 0 aliphatic carbocycles. The van der Waals surface area contributed by atoms with Gasteiger partial charge in [-0.2, -0.15) is 4.37 Å². The van der Waals surface area contributed by atoms with Crippen LogP contribution in [-0.4, -0.2) is 10.3 Å². The summed E-state index contributed by atoms with van der Waals surface area (Å²) in [5.41, 5.74) is 2.08. The van der Waals surface area contributed by atoms with Crippen LogP contribution in [0.3, 0.4) is 0 Å². The SMILES string of the molecule is C[n+]1ccc(C(NC(=O)c2nsc(Cl)c2Cl)c2ccccc2)cc1.[I-]. The van der Waals surface area contributed by atoms with Gasteiger partial charge in [0.2, 0.25) is 0 Å². The standard InChI is InChI=1S/C17H13Cl2N3OS.HI/c1-22-9-7-12(8-10-22)14(11-5-3-2-4-6-11)20-17(23)15-13(18)16(19)24-21-15;/h2-10,14H,1H3;1H. The summed E-state index contributed by atoms with van der Waals surface area (Å²) in [6.07, 6.45) is 3.87. The molecule has 1 unspecified atom stereocenters. The van der Waals surface area contributed by atoms with Crippen molar-refractivity contribution in [2.24, 2.45) is 7.05 Å². The van der Waals surface area contributed by atoms with Gasteiger partial charge in [0.1, 0.15) is 16.4 Å². The minimum absolute atomic E-state index is 0. The van der Waals surface area contributed by atoms with E-state index in [-0.39, 0.29) is 46.6 Å². The van der Waals surface area contributed by atoms with E-state index in [9.17, 15) is 4.79 Å². The van der Waals surface area contributed by atoms with Crippen molar-refractivity contribution in [2.75, 3.05) is 0 Å². The van der Waals surface area contributed by atoms with Gasteiger partial charge in [0.05, 0.1) is 6.04 Å². The molecule has 2 aromatic heterocycles. The van der Waals surface area contributed by atoms with Crippen LogP contribution in [0.5, 0.6) is 0 Å². The number of aryl methyl sites for hydroxylation is 1. The van der Waals surface area contributed by atoms with Crippen molar-refractivity contribution in [3.63, 3.8) is 0 Å². The van der Waals surface area contributed by atoms with Crippen LogP contribution >= 0.6 is 34.7 Å². The van der Waals surface area contributed by atoms with Crippen molar-refractivity contribution in [3.05, 3.63) is 81.0 Å². The normalized spacial score (nSPS) is 11.5. The van der Waals surface area contributed by atoms with Gasteiger partial charge >= 0.3 is 0 Å². The Kier molecular flexibility index (Phi) is 7.18. The average molecular weight is 506 g/mol. The van der Waals surface area contributed by atoms with Gasteiger partial charge in [-0.25, -0.2) is 4.57 Å². The van der Waals surface area contributed by atoms with E-state index in [0.29, 0.717) is 4.34 Å². The largest absolute Gasteiger partial charge is 1.00 e. The van der Waals surface area contributed by atoms with E-state index >= 15 is 0 Å². The highest BCUT2D eigenvalue weighted by atomic mass is 127. The highest BCUT2D eigenvalue weighted by Gasteiger charge is 2.23. The lowest BCUT2D eigenvalue weighted by Crippen LogP contribution is -3.00. The van der Waals surface area contributed by atoms with Gasteiger partial charge in [-0.3, -0.25) is 4.79 Å². The van der Waals surface area contributed by atoms with E-state index in [1.165, 1.54) is 0 Å². The smallest absolute Gasteiger partial charge is 0.273 e. The molecule has 8 heteroatoms. The molecule has 0 aliphatic rings. The highest BCUT2D eigenvalue weighted by molar-refractivity contribution is 7.11. The van der Waals surface area contributed by atoms with Crippen LogP contribution in [0.2, 0.25) is 9.36 Å². The Morgan fingerprint density at radius 2 is 1.72 bits per heavy atom. The number of aromatic nitrogens is 2. The number of halogens is 3. The lowest BCUT2D eigenvalue weighted by Gasteiger charge is -2.19. The van der Waals surface area contributed by atoms with E-state index in [1.54, 1.807) is 0 Å². The molecule has 3 rings (SSSR count). The Hall–Kier alpha value is -1.22. The highest BCUT2D eigenvalue weighted by Crippen LogP contribution is 2.30. The van der Waals surface area contributed by atoms with Gasteiger partial charge in [-0.05, 0) is 22.7 Å². The summed E-state index contributed by atoms with van der Waals surface area (Å²) in [7, 11) is 1.94. The molecule has 1 amide bonds. The Morgan fingerprint density at radius 3 is 2.28 bits per heavy atom. The molecule has 0 fully saturated rings. The first-order valence-electron chi connectivity index (χ1n) is 7.18. The molecule has 2 heterocycles. The van der Waals surface area contributed by atoms with E-state index < -0.39 is 0 Å². The second-order valence-electron chi connectivity index (χ2n) is 5.23. The van der Waals surface area contributed by atoms with Gasteiger partial charge in [0.25, 0.3) is 5.91 Å². The molecule has 4 nitrogen and oxygen atoms in total. The van der Waals surface area contributed by atoms with Crippen LogP contribution in [0, 0.1) is 0 Å². The van der Waals surface area contributed by atoms with Crippen LogP contribution in [0.15, 0.2) is 54.9 Å². The Bertz CT molecular complexity index is 856. The first-order chi connectivity index (χ1) is 11.6. The molecule has 0 bridgehead atoms. The third-order valence-electron chi connectivity index (χ3n) is 3.56. The van der Waals surface area contributed by atoms with Gasteiger partial charge in [0.15, 0.2) is 18.1 Å². The number of pyridine rings is 1. The molecule has 0 aliphatic heterocycles. The molecule has 1 atom stereocenters. The summed E-state index contributed by atoms with van der Waals surface area (Å²) in [6, 6.07) is 13.4. The number of rotatable bonds is 4. The quantitative estimate of drug-likeness (QED) is 0.421. The molecular formula is C17H14Cl2IN3OS. The van der Waals surface area contributed by atoms with Gasteiger partial charge in [-0.1, -0.05) is 53.5 Å². The van der Waals surface area contributed by atoms with Crippen LogP contribution in [0.4, 0.5) is 0 Å². The van der Waals surface area contributed by atoms with Gasteiger partial charge in [0, 0.05) is 12.1 Å². The lowest BCUT2D eigenvalue weighted by atomic mass is 9.99. The second kappa shape index (κ2) is 8.93. The predicted octanol–water partition coefficient (Wildman–Crippen LogP) is 0.798. The zero-order valence-corrected chi connectivity index (χ0v) is 17.6. The monoisotopic (exact) mass is 505 g/mol. The summed E-state index contributed by atoms with van der Waals surface area (Å²) >= 11 is 13.0.